The molecular formula is C50H65F2N11O5. The first-order valence-corrected chi connectivity index (χ1v) is 24.4. The zero-order valence-electron chi connectivity index (χ0n) is 39.8. The summed E-state index contributed by atoms with van der Waals surface area (Å²) >= 11 is 0. The molecule has 4 saturated heterocycles. The zero-order valence-corrected chi connectivity index (χ0v) is 39.8. The van der Waals surface area contributed by atoms with Crippen LogP contribution in [-0.2, 0) is 20.9 Å². The van der Waals surface area contributed by atoms with Crippen LogP contribution in [0.15, 0.2) is 42.7 Å². The smallest absolute Gasteiger partial charge is 0.264 e. The fourth-order valence-corrected chi connectivity index (χ4v) is 11.5. The van der Waals surface area contributed by atoms with Crippen LogP contribution in [0.5, 0.6) is 0 Å². The van der Waals surface area contributed by atoms with Crippen LogP contribution in [0, 0.1) is 22.5 Å². The summed E-state index contributed by atoms with van der Waals surface area (Å²) in [5.74, 6) is -1.15. The molecule has 5 amide bonds. The van der Waals surface area contributed by atoms with E-state index >= 15 is 8.78 Å². The van der Waals surface area contributed by atoms with Crippen LogP contribution >= 0.6 is 0 Å². The van der Waals surface area contributed by atoms with Gasteiger partial charge in [0.25, 0.3) is 11.8 Å². The summed E-state index contributed by atoms with van der Waals surface area (Å²) in [6, 6.07) is 9.14. The second kappa shape index (κ2) is 19.0. The van der Waals surface area contributed by atoms with E-state index in [2.05, 4.69) is 66.4 Å². The van der Waals surface area contributed by atoms with Gasteiger partial charge in [0.1, 0.15) is 35.6 Å². The van der Waals surface area contributed by atoms with Gasteiger partial charge in [0.2, 0.25) is 18.2 Å². The molecule has 3 aromatic rings. The molecule has 0 bridgehead atoms. The van der Waals surface area contributed by atoms with Crippen molar-refractivity contribution >= 4 is 53.0 Å². The SMILES string of the molecule is CCCC(C(=O)NC=O)N1C(=O)c2cccc(NCCCN(C)C3CC4(C3)CN(c3cc(N5CCC6(CC5)CN(c5cc(F)c(CN7CCC(C)(C)CC7)cc5F)CC(=O)N6)ncn3)C4)c2C1=O. The third-order valence-corrected chi connectivity index (χ3v) is 15.6. The van der Waals surface area contributed by atoms with Crippen molar-refractivity contribution in [3.63, 3.8) is 0 Å². The minimum atomic E-state index is -1.06. The maximum atomic E-state index is 15.7. The van der Waals surface area contributed by atoms with Gasteiger partial charge in [-0.1, -0.05) is 33.3 Å². The number of likely N-dealkylation sites (tertiary alicyclic amines) is 1. The Morgan fingerprint density at radius 1 is 0.926 bits per heavy atom. The molecule has 5 fully saturated rings. The molecule has 6 heterocycles. The predicted molar refractivity (Wildman–Crippen MR) is 254 cm³/mol. The number of aromatic nitrogens is 2. The maximum absolute atomic E-state index is 15.7. The molecule has 1 aliphatic carbocycles. The second-order valence-electron chi connectivity index (χ2n) is 21.1. The second-order valence-corrected chi connectivity index (χ2v) is 21.1. The lowest BCUT2D eigenvalue weighted by molar-refractivity contribution is -0.128. The number of nitrogens with one attached hydrogen (secondary N) is 3. The summed E-state index contributed by atoms with van der Waals surface area (Å²) in [6.45, 7) is 13.4. The third kappa shape index (κ3) is 9.50. The average molecular weight is 938 g/mol. The van der Waals surface area contributed by atoms with Crippen molar-refractivity contribution < 1.29 is 32.8 Å². The molecule has 2 aromatic carbocycles. The summed E-state index contributed by atoms with van der Waals surface area (Å²) in [5, 5.41) is 8.67. The molecule has 9 rings (SSSR count). The van der Waals surface area contributed by atoms with Crippen LogP contribution in [0.3, 0.4) is 0 Å². The minimum Gasteiger partial charge on any atom is -0.384 e. The quantitative estimate of drug-likeness (QED) is 0.102. The van der Waals surface area contributed by atoms with Gasteiger partial charge in [0.15, 0.2) is 0 Å². The van der Waals surface area contributed by atoms with E-state index in [4.69, 9.17) is 0 Å². The zero-order chi connectivity index (χ0) is 48.0. The van der Waals surface area contributed by atoms with E-state index in [0.717, 1.165) is 81.4 Å². The fourth-order valence-electron chi connectivity index (χ4n) is 11.5. The largest absolute Gasteiger partial charge is 0.384 e. The van der Waals surface area contributed by atoms with E-state index in [9.17, 15) is 24.0 Å². The van der Waals surface area contributed by atoms with Crippen LogP contribution in [-0.4, -0.2) is 145 Å². The van der Waals surface area contributed by atoms with Crippen molar-refractivity contribution in [2.75, 3.05) is 92.5 Å². The number of halogens is 2. The molecule has 0 radical (unpaired) electrons. The number of carbonyl (C=O) groups excluding carboxylic acids is 5. The van der Waals surface area contributed by atoms with Gasteiger partial charge < -0.3 is 30.2 Å². The molecule has 1 aromatic heterocycles. The predicted octanol–water partition coefficient (Wildman–Crippen LogP) is 4.79. The molecule has 3 N–H and O–H groups in total. The van der Waals surface area contributed by atoms with Crippen molar-refractivity contribution in [1.29, 1.82) is 0 Å². The number of nitrogens with zero attached hydrogens (tertiary/aromatic N) is 8. The first kappa shape index (κ1) is 47.3. The van der Waals surface area contributed by atoms with Crippen LogP contribution in [0.25, 0.3) is 0 Å². The van der Waals surface area contributed by atoms with Gasteiger partial charge in [-0.15, -0.1) is 0 Å². The Balaban J connectivity index is 0.724. The van der Waals surface area contributed by atoms with E-state index in [1.807, 2.05) is 13.0 Å². The Kier molecular flexibility index (Phi) is 13.2. The number of hydrogen-bond donors (Lipinski definition) is 3. The Labute approximate surface area is 397 Å². The highest BCUT2D eigenvalue weighted by molar-refractivity contribution is 6.25. The average Bonchev–Trinajstić information content (AvgIpc) is 3.53. The highest BCUT2D eigenvalue weighted by atomic mass is 19.1. The Morgan fingerprint density at radius 3 is 2.35 bits per heavy atom. The van der Waals surface area contributed by atoms with E-state index in [1.165, 1.54) is 12.1 Å². The lowest BCUT2D eigenvalue weighted by Gasteiger charge is -2.61. The number of rotatable bonds is 16. The molecule has 2 spiro atoms. The number of imide groups is 2. The number of hydrogen-bond acceptors (Lipinski definition) is 13. The standard InChI is InChI=1S/C50H65F2N11O5/c1-5-8-39(45(66)56-32-64)63-46(67)35-9-6-10-38(44(35)47(63)68)53-15-7-16-58(4)34-24-49(25-34)28-62(29-49)42-23-41(54-31-55-42)60-19-13-50(14-20-60)30-61(27-43(65)57-50)40-22-36(51)33(21-37(40)52)26-59-17-11-48(2,3)12-18-59/h6,9-10,21-23,31-32,34,39,53H,5,7-8,11-20,24-30H2,1-4H3,(H,57,65)(H,56,64,66). The third-order valence-electron chi connectivity index (χ3n) is 15.6. The van der Waals surface area contributed by atoms with Crippen molar-refractivity contribution in [3.8, 4) is 0 Å². The van der Waals surface area contributed by atoms with Gasteiger partial charge in [-0.05, 0) is 102 Å². The monoisotopic (exact) mass is 938 g/mol. The van der Waals surface area contributed by atoms with Gasteiger partial charge >= 0.3 is 0 Å². The molecule has 1 atom stereocenters. The number of anilines is 4. The van der Waals surface area contributed by atoms with Crippen molar-refractivity contribution in [3.05, 3.63) is 71.1 Å². The van der Waals surface area contributed by atoms with E-state index < -0.39 is 40.9 Å². The lowest BCUT2D eigenvalue weighted by atomic mass is 9.60. The number of benzene rings is 2. The molecule has 6 aliphatic rings. The van der Waals surface area contributed by atoms with Crippen LogP contribution < -0.4 is 30.7 Å². The van der Waals surface area contributed by atoms with Gasteiger partial charge in [-0.2, -0.15) is 0 Å². The van der Waals surface area contributed by atoms with Gasteiger partial charge in [-0.3, -0.25) is 39.1 Å². The highest BCUT2D eigenvalue weighted by Gasteiger charge is 2.54. The molecular weight excluding hydrogens is 873 g/mol. The van der Waals surface area contributed by atoms with E-state index in [-0.39, 0.29) is 52.9 Å². The molecule has 68 heavy (non-hydrogen) atoms. The Hall–Kier alpha value is -5.75. The number of piperazine rings is 1. The van der Waals surface area contributed by atoms with E-state index in [1.54, 1.807) is 29.4 Å². The van der Waals surface area contributed by atoms with Crippen molar-refractivity contribution in [1.82, 2.24) is 35.3 Å². The Morgan fingerprint density at radius 2 is 1.65 bits per heavy atom. The topological polar surface area (TPSA) is 167 Å². The molecule has 16 nitrogen and oxygen atoms in total. The highest BCUT2D eigenvalue weighted by Crippen LogP contribution is 2.51. The number of piperidine rings is 2. The molecule has 1 saturated carbocycles. The van der Waals surface area contributed by atoms with Gasteiger partial charge in [0, 0.05) is 80.7 Å². The van der Waals surface area contributed by atoms with Gasteiger partial charge in [-0.25, -0.2) is 18.7 Å². The summed E-state index contributed by atoms with van der Waals surface area (Å²) < 4.78 is 31.3. The summed E-state index contributed by atoms with van der Waals surface area (Å²) in [4.78, 5) is 84.6. The normalized spacial score (nSPS) is 21.4. The van der Waals surface area contributed by atoms with E-state index in [0.29, 0.717) is 69.3 Å². The summed E-state index contributed by atoms with van der Waals surface area (Å²) in [6.07, 6.45) is 9.01. The first-order chi connectivity index (χ1) is 32.6. The lowest BCUT2D eigenvalue weighted by Crippen LogP contribution is -2.67. The fraction of sp³-hybridized carbons (Fsp3) is 0.580. The number of carbonyl (C=O) groups is 5. The first-order valence-electron chi connectivity index (χ1n) is 24.4. The molecule has 1 unspecified atom stereocenters. The number of amides is 5. The number of fused-ring (bicyclic) bond motifs is 1. The minimum absolute atomic E-state index is 0.0231. The summed E-state index contributed by atoms with van der Waals surface area (Å²) in [5.41, 5.74) is 1.49. The molecule has 5 aliphatic heterocycles. The van der Waals surface area contributed by atoms with Crippen LogP contribution in [0.2, 0.25) is 0 Å². The Bertz CT molecular complexity index is 2420. The van der Waals surface area contributed by atoms with Crippen LogP contribution in [0.4, 0.5) is 31.8 Å². The maximum Gasteiger partial charge on any atom is 0.264 e. The molecule has 18 heteroatoms. The molecule has 364 valence electrons. The van der Waals surface area contributed by atoms with Crippen molar-refractivity contribution in [2.24, 2.45) is 10.8 Å². The van der Waals surface area contributed by atoms with Crippen molar-refractivity contribution in [2.45, 2.75) is 103 Å². The summed E-state index contributed by atoms with van der Waals surface area (Å²) in [7, 11) is 2.15. The van der Waals surface area contributed by atoms with Crippen LogP contribution in [0.1, 0.15) is 105 Å². The van der Waals surface area contributed by atoms with Gasteiger partial charge in [0.05, 0.1) is 28.9 Å².